The molecular formula is C14H19IN4O2. The maximum Gasteiger partial charge on any atom is 0.191 e. The summed E-state index contributed by atoms with van der Waals surface area (Å²) in [5, 5.41) is 6.30. The molecule has 0 fully saturated rings. The Morgan fingerprint density at radius 3 is 2.90 bits per heavy atom. The summed E-state index contributed by atoms with van der Waals surface area (Å²) < 4.78 is 10.8. The van der Waals surface area contributed by atoms with Crippen molar-refractivity contribution < 1.29 is 9.15 Å². The van der Waals surface area contributed by atoms with Crippen LogP contribution in [0.5, 0.6) is 5.75 Å². The van der Waals surface area contributed by atoms with E-state index >= 15 is 0 Å². The van der Waals surface area contributed by atoms with Gasteiger partial charge in [0.25, 0.3) is 0 Å². The third-order valence-corrected chi connectivity index (χ3v) is 2.53. The van der Waals surface area contributed by atoms with Crippen LogP contribution in [0.3, 0.4) is 0 Å². The number of nitrogens with zero attached hydrogens (tertiary/aromatic N) is 2. The van der Waals surface area contributed by atoms with E-state index in [1.54, 1.807) is 25.7 Å². The SMILES string of the molecule is CN=C(NCCOc1cccnc1)NCc1ccco1.I. The molecule has 0 aliphatic carbocycles. The van der Waals surface area contributed by atoms with Gasteiger partial charge in [0.05, 0.1) is 25.5 Å². The van der Waals surface area contributed by atoms with E-state index in [-0.39, 0.29) is 24.0 Å². The van der Waals surface area contributed by atoms with Gasteiger partial charge in [0.15, 0.2) is 5.96 Å². The summed E-state index contributed by atoms with van der Waals surface area (Å²) in [5.74, 6) is 2.32. The third kappa shape index (κ3) is 6.48. The van der Waals surface area contributed by atoms with Crippen LogP contribution in [0.1, 0.15) is 5.76 Å². The number of halogens is 1. The quantitative estimate of drug-likeness (QED) is 0.335. The fourth-order valence-corrected chi connectivity index (χ4v) is 1.58. The Kier molecular flexibility index (Phi) is 8.25. The van der Waals surface area contributed by atoms with Crippen LogP contribution in [-0.2, 0) is 6.54 Å². The van der Waals surface area contributed by atoms with Crippen molar-refractivity contribution in [2.75, 3.05) is 20.2 Å². The standard InChI is InChI=1S/C14H18N4O2.HI/c1-15-14(18-11-13-5-3-8-19-13)17-7-9-20-12-4-2-6-16-10-12;/h2-6,8,10H,7,9,11H2,1H3,(H2,15,17,18);1H. The van der Waals surface area contributed by atoms with E-state index in [9.17, 15) is 0 Å². The lowest BCUT2D eigenvalue weighted by atomic mass is 10.4. The molecule has 2 rings (SSSR count). The van der Waals surface area contributed by atoms with E-state index in [1.807, 2.05) is 24.3 Å². The molecule has 0 spiro atoms. The highest BCUT2D eigenvalue weighted by Crippen LogP contribution is 2.04. The van der Waals surface area contributed by atoms with E-state index in [4.69, 9.17) is 9.15 Å². The lowest BCUT2D eigenvalue weighted by Gasteiger charge is -2.11. The van der Waals surface area contributed by atoms with Gasteiger partial charge in [0.1, 0.15) is 18.1 Å². The molecular weight excluding hydrogens is 383 g/mol. The number of aliphatic imine (C=N–C) groups is 1. The summed E-state index contributed by atoms with van der Waals surface area (Å²) in [6.45, 7) is 1.77. The van der Waals surface area contributed by atoms with Crippen LogP contribution in [0.15, 0.2) is 52.3 Å². The molecule has 114 valence electrons. The summed E-state index contributed by atoms with van der Waals surface area (Å²) in [5.41, 5.74) is 0. The largest absolute Gasteiger partial charge is 0.490 e. The Bertz CT molecular complexity index is 517. The molecule has 0 aromatic carbocycles. The summed E-state index contributed by atoms with van der Waals surface area (Å²) in [6, 6.07) is 7.48. The van der Waals surface area contributed by atoms with E-state index in [2.05, 4.69) is 20.6 Å². The fourth-order valence-electron chi connectivity index (χ4n) is 1.58. The van der Waals surface area contributed by atoms with E-state index in [0.717, 1.165) is 11.5 Å². The molecule has 0 saturated carbocycles. The Hall–Kier alpha value is -1.77. The van der Waals surface area contributed by atoms with Gasteiger partial charge in [-0.2, -0.15) is 0 Å². The highest BCUT2D eigenvalue weighted by atomic mass is 127. The molecule has 2 aromatic heterocycles. The summed E-state index contributed by atoms with van der Waals surface area (Å²) in [6.07, 6.45) is 5.05. The molecule has 2 heterocycles. The molecule has 0 aliphatic rings. The van der Waals surface area contributed by atoms with Gasteiger partial charge in [-0.05, 0) is 24.3 Å². The number of hydrogen-bond acceptors (Lipinski definition) is 4. The van der Waals surface area contributed by atoms with Crippen LogP contribution in [0.4, 0.5) is 0 Å². The van der Waals surface area contributed by atoms with Gasteiger partial charge in [0, 0.05) is 13.2 Å². The molecule has 0 unspecified atom stereocenters. The van der Waals surface area contributed by atoms with Crippen molar-refractivity contribution in [3.63, 3.8) is 0 Å². The highest BCUT2D eigenvalue weighted by molar-refractivity contribution is 14.0. The molecule has 0 radical (unpaired) electrons. The number of nitrogens with one attached hydrogen (secondary N) is 2. The molecule has 2 aromatic rings. The van der Waals surface area contributed by atoms with E-state index in [1.165, 1.54) is 0 Å². The topological polar surface area (TPSA) is 71.7 Å². The van der Waals surface area contributed by atoms with Gasteiger partial charge in [0.2, 0.25) is 0 Å². The second-order valence-electron chi connectivity index (χ2n) is 3.97. The zero-order valence-corrected chi connectivity index (χ0v) is 14.1. The minimum absolute atomic E-state index is 0. The molecule has 0 aliphatic heterocycles. The fraction of sp³-hybridized carbons (Fsp3) is 0.286. The number of hydrogen-bond donors (Lipinski definition) is 2. The average Bonchev–Trinajstić information content (AvgIpc) is 3.01. The number of pyridine rings is 1. The monoisotopic (exact) mass is 402 g/mol. The van der Waals surface area contributed by atoms with Crippen molar-refractivity contribution in [3.8, 4) is 5.75 Å². The minimum Gasteiger partial charge on any atom is -0.490 e. The predicted molar refractivity (Wildman–Crippen MR) is 92.1 cm³/mol. The lowest BCUT2D eigenvalue weighted by molar-refractivity contribution is 0.320. The molecule has 0 amide bonds. The van der Waals surface area contributed by atoms with Crippen molar-refractivity contribution in [2.45, 2.75) is 6.54 Å². The van der Waals surface area contributed by atoms with E-state index < -0.39 is 0 Å². The predicted octanol–water partition coefficient (Wildman–Crippen LogP) is 2.04. The molecule has 0 bridgehead atoms. The van der Waals surface area contributed by atoms with Gasteiger partial charge in [-0.15, -0.1) is 24.0 Å². The first kappa shape index (κ1) is 17.3. The summed E-state index contributed by atoms with van der Waals surface area (Å²) in [7, 11) is 1.72. The van der Waals surface area contributed by atoms with Crippen LogP contribution in [0, 0.1) is 0 Å². The second kappa shape index (κ2) is 10.0. The van der Waals surface area contributed by atoms with Gasteiger partial charge in [-0.25, -0.2) is 0 Å². The zero-order valence-electron chi connectivity index (χ0n) is 11.8. The molecule has 7 heteroatoms. The van der Waals surface area contributed by atoms with Crippen molar-refractivity contribution >= 4 is 29.9 Å². The zero-order chi connectivity index (χ0) is 14.0. The van der Waals surface area contributed by atoms with Crippen molar-refractivity contribution in [1.29, 1.82) is 0 Å². The summed E-state index contributed by atoms with van der Waals surface area (Å²) in [4.78, 5) is 8.10. The number of rotatable bonds is 6. The molecule has 0 atom stereocenters. The number of furan rings is 1. The van der Waals surface area contributed by atoms with Crippen molar-refractivity contribution in [3.05, 3.63) is 48.7 Å². The Balaban J connectivity index is 0.00000220. The van der Waals surface area contributed by atoms with Crippen LogP contribution >= 0.6 is 24.0 Å². The van der Waals surface area contributed by atoms with Crippen molar-refractivity contribution in [1.82, 2.24) is 15.6 Å². The minimum atomic E-state index is 0. The van der Waals surface area contributed by atoms with Gasteiger partial charge >= 0.3 is 0 Å². The van der Waals surface area contributed by atoms with Gasteiger partial charge in [-0.3, -0.25) is 9.98 Å². The number of ether oxygens (including phenoxy) is 1. The molecule has 0 saturated heterocycles. The molecule has 6 nitrogen and oxygen atoms in total. The van der Waals surface area contributed by atoms with Crippen molar-refractivity contribution in [2.24, 2.45) is 4.99 Å². The summed E-state index contributed by atoms with van der Waals surface area (Å²) >= 11 is 0. The maximum atomic E-state index is 5.52. The average molecular weight is 402 g/mol. The van der Waals surface area contributed by atoms with Crippen LogP contribution in [0.2, 0.25) is 0 Å². The first-order valence-corrected chi connectivity index (χ1v) is 6.38. The smallest absolute Gasteiger partial charge is 0.191 e. The third-order valence-electron chi connectivity index (χ3n) is 2.53. The number of guanidine groups is 1. The Morgan fingerprint density at radius 1 is 1.33 bits per heavy atom. The van der Waals surface area contributed by atoms with Gasteiger partial charge in [-0.1, -0.05) is 0 Å². The van der Waals surface area contributed by atoms with E-state index in [0.29, 0.717) is 25.7 Å². The Labute approximate surface area is 141 Å². The molecule has 2 N–H and O–H groups in total. The lowest BCUT2D eigenvalue weighted by Crippen LogP contribution is -2.38. The number of aromatic nitrogens is 1. The first-order valence-electron chi connectivity index (χ1n) is 6.38. The van der Waals surface area contributed by atoms with Crippen LogP contribution in [-0.4, -0.2) is 31.1 Å². The normalized spacial score (nSPS) is 10.6. The first-order chi connectivity index (χ1) is 9.88. The Morgan fingerprint density at radius 2 is 2.24 bits per heavy atom. The van der Waals surface area contributed by atoms with Crippen LogP contribution < -0.4 is 15.4 Å². The maximum absolute atomic E-state index is 5.52. The van der Waals surface area contributed by atoms with Crippen LogP contribution in [0.25, 0.3) is 0 Å². The highest BCUT2D eigenvalue weighted by Gasteiger charge is 1.99. The second-order valence-corrected chi connectivity index (χ2v) is 3.97. The van der Waals surface area contributed by atoms with Gasteiger partial charge < -0.3 is 19.8 Å². The molecule has 21 heavy (non-hydrogen) atoms.